The lowest BCUT2D eigenvalue weighted by Crippen LogP contribution is -2.13. The molecule has 1 amide bonds. The minimum Gasteiger partial charge on any atom is -0.322 e. The van der Waals surface area contributed by atoms with Gasteiger partial charge in [0.15, 0.2) is 0 Å². The van der Waals surface area contributed by atoms with E-state index in [1.165, 1.54) is 36.4 Å². The summed E-state index contributed by atoms with van der Waals surface area (Å²) in [5.41, 5.74) is 2.69. The van der Waals surface area contributed by atoms with Gasteiger partial charge >= 0.3 is 10.2 Å². The van der Waals surface area contributed by atoms with Crippen LogP contribution in [0.15, 0.2) is 77.7 Å². The molecule has 0 heterocycles. The summed E-state index contributed by atoms with van der Waals surface area (Å²) in [5.74, 6) is -0.488. The quantitative estimate of drug-likeness (QED) is 0.196. The second kappa shape index (κ2) is 8.88. The molecule has 0 aliphatic rings. The van der Waals surface area contributed by atoms with Crippen LogP contribution in [-0.4, -0.2) is 19.2 Å². The molecule has 3 aromatic carbocycles. The summed E-state index contributed by atoms with van der Waals surface area (Å²) in [4.78, 5) is 22.8. The van der Waals surface area contributed by atoms with Gasteiger partial charge in [0.05, 0.1) is 9.82 Å². The predicted octanol–water partition coefficient (Wildman–Crippen LogP) is 4.74. The average Bonchev–Trinajstić information content (AvgIpc) is 2.73. The third-order valence-electron chi connectivity index (χ3n) is 4.42. The Labute approximate surface area is 178 Å². The average molecular weight is 440 g/mol. The largest absolute Gasteiger partial charge is 0.332 e. The molecule has 31 heavy (non-hydrogen) atoms. The van der Waals surface area contributed by atoms with Crippen LogP contribution in [0.4, 0.5) is 15.3 Å². The summed E-state index contributed by atoms with van der Waals surface area (Å²) in [6.45, 7) is 1.91. The number of hydrogen-bond donors (Lipinski definition) is 1. The smallest absolute Gasteiger partial charge is 0.322 e. The van der Waals surface area contributed by atoms with E-state index >= 15 is 0 Å². The molecular weight excluding hydrogens is 423 g/mol. The Morgan fingerprint density at radius 3 is 2.06 bits per heavy atom. The molecule has 0 bridgehead atoms. The van der Waals surface area contributed by atoms with Crippen molar-refractivity contribution >= 4 is 39.2 Å². The molecule has 0 fully saturated rings. The van der Waals surface area contributed by atoms with E-state index in [1.807, 2.05) is 19.1 Å². The summed E-state index contributed by atoms with van der Waals surface area (Å²) < 4.78 is 35.0. The van der Waals surface area contributed by atoms with Gasteiger partial charge in [-0.2, -0.15) is 8.42 Å². The van der Waals surface area contributed by atoms with Crippen molar-refractivity contribution < 1.29 is 22.0 Å². The maximum absolute atomic E-state index is 13.1. The molecule has 0 spiro atoms. The van der Waals surface area contributed by atoms with Gasteiger partial charge in [0.1, 0.15) is 0 Å². The number of anilines is 1. The van der Waals surface area contributed by atoms with Crippen molar-refractivity contribution in [3.8, 4) is 0 Å². The van der Waals surface area contributed by atoms with Crippen LogP contribution in [0.3, 0.4) is 0 Å². The highest BCUT2D eigenvalue weighted by atomic mass is 32.3. The van der Waals surface area contributed by atoms with Gasteiger partial charge in [-0.1, -0.05) is 29.8 Å². The van der Waals surface area contributed by atoms with Gasteiger partial charge in [0, 0.05) is 23.4 Å². The monoisotopic (exact) mass is 440 g/mol. The fraction of sp³-hybridized carbons (Fsp3) is 0.0455. The van der Waals surface area contributed by atoms with Crippen molar-refractivity contribution in [2.24, 2.45) is 0 Å². The zero-order chi connectivity index (χ0) is 22.6. The molecule has 0 saturated carbocycles. The first-order valence-corrected chi connectivity index (χ1v) is 10.4. The van der Waals surface area contributed by atoms with E-state index in [9.17, 15) is 27.2 Å². The lowest BCUT2D eigenvalue weighted by molar-refractivity contribution is -0.384. The second-order valence-corrected chi connectivity index (χ2v) is 8.04. The van der Waals surface area contributed by atoms with Gasteiger partial charge in [0.25, 0.3) is 11.6 Å². The molecule has 3 aromatic rings. The molecule has 0 aliphatic carbocycles. The number of nitrogens with zero attached hydrogens (tertiary/aromatic N) is 1. The first-order valence-electron chi connectivity index (χ1n) is 9.03. The number of aryl methyl sites for hydroxylation is 1. The zero-order valence-electron chi connectivity index (χ0n) is 16.3. The summed E-state index contributed by atoms with van der Waals surface area (Å²) in [6.07, 6.45) is 1.59. The Balaban J connectivity index is 1.94. The van der Waals surface area contributed by atoms with Gasteiger partial charge in [0.2, 0.25) is 0 Å². The van der Waals surface area contributed by atoms with Crippen LogP contribution < -0.4 is 5.32 Å². The van der Waals surface area contributed by atoms with E-state index in [2.05, 4.69) is 5.32 Å². The number of benzene rings is 3. The molecule has 0 aromatic heterocycles. The number of nitrogens with one attached hydrogen (secondary N) is 1. The van der Waals surface area contributed by atoms with E-state index in [4.69, 9.17) is 0 Å². The van der Waals surface area contributed by atoms with Crippen molar-refractivity contribution in [1.29, 1.82) is 0 Å². The minimum absolute atomic E-state index is 0.0682. The lowest BCUT2D eigenvalue weighted by Gasteiger charge is -2.11. The van der Waals surface area contributed by atoms with Crippen molar-refractivity contribution in [2.45, 2.75) is 11.8 Å². The van der Waals surface area contributed by atoms with Gasteiger partial charge in [-0.15, -0.1) is 3.89 Å². The van der Waals surface area contributed by atoms with Crippen LogP contribution in [-0.2, 0) is 15.0 Å². The van der Waals surface area contributed by atoms with Crippen LogP contribution in [0.25, 0.3) is 11.6 Å². The highest BCUT2D eigenvalue weighted by Gasteiger charge is 2.15. The SMILES string of the molecule is Cc1ccc(/C(=C/c2ccc([N+](=O)[O-])cc2)C(=O)Nc2ccc(S(=O)(=O)F)cc2)cc1. The number of carbonyl (C=O) groups excluding carboxylic acids is 1. The molecule has 0 saturated heterocycles. The number of rotatable bonds is 6. The maximum Gasteiger partial charge on any atom is 0.332 e. The van der Waals surface area contributed by atoms with Crippen LogP contribution in [0.1, 0.15) is 16.7 Å². The fourth-order valence-electron chi connectivity index (χ4n) is 2.77. The highest BCUT2D eigenvalue weighted by Crippen LogP contribution is 2.23. The molecule has 3 rings (SSSR count). The predicted molar refractivity (Wildman–Crippen MR) is 116 cm³/mol. The van der Waals surface area contributed by atoms with Crippen LogP contribution in [0.2, 0.25) is 0 Å². The van der Waals surface area contributed by atoms with E-state index < -0.39 is 25.9 Å². The van der Waals surface area contributed by atoms with Gasteiger partial charge in [-0.05, 0) is 60.5 Å². The Morgan fingerprint density at radius 1 is 0.968 bits per heavy atom. The summed E-state index contributed by atoms with van der Waals surface area (Å²) in [6, 6.07) is 17.6. The van der Waals surface area contributed by atoms with Crippen LogP contribution >= 0.6 is 0 Å². The standard InChI is InChI=1S/C22H17FN2O5S/c1-15-2-6-17(7-3-15)21(14-16-4-10-19(11-5-16)25(27)28)22(26)24-18-8-12-20(13-9-18)31(23,29)30/h2-14H,1H3,(H,24,26)/b21-14-. The van der Waals surface area contributed by atoms with Gasteiger partial charge < -0.3 is 5.32 Å². The molecule has 9 heteroatoms. The van der Waals surface area contributed by atoms with Crippen molar-refractivity contribution in [3.63, 3.8) is 0 Å². The normalized spacial score (nSPS) is 11.7. The molecule has 7 nitrogen and oxygen atoms in total. The molecule has 0 aliphatic heterocycles. The number of hydrogen-bond acceptors (Lipinski definition) is 5. The molecule has 158 valence electrons. The third-order valence-corrected chi connectivity index (χ3v) is 5.25. The maximum atomic E-state index is 13.1. The van der Waals surface area contributed by atoms with E-state index in [0.717, 1.165) is 17.7 Å². The topological polar surface area (TPSA) is 106 Å². The van der Waals surface area contributed by atoms with E-state index in [0.29, 0.717) is 11.1 Å². The van der Waals surface area contributed by atoms with Crippen molar-refractivity contribution in [2.75, 3.05) is 5.32 Å². The first kappa shape index (κ1) is 21.8. The van der Waals surface area contributed by atoms with E-state index in [1.54, 1.807) is 18.2 Å². The Bertz CT molecular complexity index is 1250. The van der Waals surface area contributed by atoms with Gasteiger partial charge in [-0.3, -0.25) is 14.9 Å². The van der Waals surface area contributed by atoms with Gasteiger partial charge in [-0.25, -0.2) is 0 Å². The minimum atomic E-state index is -4.83. The van der Waals surface area contributed by atoms with Crippen molar-refractivity contribution in [1.82, 2.24) is 0 Å². The number of nitro groups is 1. The van der Waals surface area contributed by atoms with Crippen molar-refractivity contribution in [3.05, 3.63) is 99.6 Å². The Morgan fingerprint density at radius 2 is 1.55 bits per heavy atom. The number of nitro benzene ring substituents is 1. The second-order valence-electron chi connectivity index (χ2n) is 6.69. The molecule has 0 radical (unpaired) electrons. The third kappa shape index (κ3) is 5.61. The van der Waals surface area contributed by atoms with Crippen LogP contribution in [0, 0.1) is 17.0 Å². The molecular formula is C22H17FN2O5S. The molecule has 0 unspecified atom stereocenters. The highest BCUT2D eigenvalue weighted by molar-refractivity contribution is 7.86. The fourth-order valence-corrected chi connectivity index (χ4v) is 3.23. The zero-order valence-corrected chi connectivity index (χ0v) is 17.1. The number of non-ortho nitro benzene ring substituents is 1. The number of halogens is 1. The van der Waals surface area contributed by atoms with Crippen LogP contribution in [0.5, 0.6) is 0 Å². The van der Waals surface area contributed by atoms with E-state index in [-0.39, 0.29) is 16.9 Å². The lowest BCUT2D eigenvalue weighted by atomic mass is 10.0. The first-order chi connectivity index (χ1) is 14.6. The Hall–Kier alpha value is -3.85. The molecule has 1 N–H and O–H groups in total. The summed E-state index contributed by atoms with van der Waals surface area (Å²) in [5, 5.41) is 13.5. The number of carbonyl (C=O) groups is 1. The summed E-state index contributed by atoms with van der Waals surface area (Å²) in [7, 11) is -4.83. The number of amides is 1. The summed E-state index contributed by atoms with van der Waals surface area (Å²) >= 11 is 0. The Kier molecular flexibility index (Phi) is 6.26. The molecule has 0 atom stereocenters.